The molecular weight excluding hydrogens is 258 g/mol. The first-order valence-corrected chi connectivity index (χ1v) is 6.86. The van der Waals surface area contributed by atoms with Crippen molar-refractivity contribution in [2.75, 3.05) is 11.9 Å². The highest BCUT2D eigenvalue weighted by atomic mass is 35.5. The quantitative estimate of drug-likeness (QED) is 0.864. The van der Waals surface area contributed by atoms with Gasteiger partial charge in [0.2, 0.25) is 0 Å². The van der Waals surface area contributed by atoms with Crippen LogP contribution in [0.3, 0.4) is 0 Å². The Morgan fingerprint density at radius 2 is 2.05 bits per heavy atom. The third-order valence-corrected chi connectivity index (χ3v) is 3.88. The number of hydrogen-bond acceptors (Lipinski definition) is 2. The number of para-hydroxylation sites is 1. The molecule has 19 heavy (non-hydrogen) atoms. The summed E-state index contributed by atoms with van der Waals surface area (Å²) in [6.45, 7) is 2.75. The van der Waals surface area contributed by atoms with E-state index in [1.165, 1.54) is 5.56 Å². The van der Waals surface area contributed by atoms with E-state index >= 15 is 0 Å². The molecule has 2 aromatic carbocycles. The molecule has 0 saturated carbocycles. The molecule has 0 saturated heterocycles. The fourth-order valence-corrected chi connectivity index (χ4v) is 2.56. The monoisotopic (exact) mass is 273 g/mol. The van der Waals surface area contributed by atoms with Gasteiger partial charge in [-0.3, -0.25) is 0 Å². The minimum Gasteiger partial charge on any atom is -0.493 e. The van der Waals surface area contributed by atoms with Crippen LogP contribution >= 0.6 is 11.6 Å². The average Bonchev–Trinajstić information content (AvgIpc) is 2.43. The number of benzene rings is 2. The van der Waals surface area contributed by atoms with Crippen LogP contribution in [0.25, 0.3) is 0 Å². The van der Waals surface area contributed by atoms with Gasteiger partial charge in [-0.1, -0.05) is 35.9 Å². The van der Waals surface area contributed by atoms with Crippen molar-refractivity contribution < 1.29 is 4.74 Å². The van der Waals surface area contributed by atoms with Gasteiger partial charge in [-0.15, -0.1) is 0 Å². The standard InChI is InChI=1S/C16H16ClNO/c1-11-6-7-12(10-14(11)17)18-15-8-9-19-16-5-3-2-4-13(15)16/h2-7,10,15,18H,8-9H2,1H3. The van der Waals surface area contributed by atoms with E-state index in [-0.39, 0.29) is 6.04 Å². The van der Waals surface area contributed by atoms with E-state index in [2.05, 4.69) is 17.4 Å². The van der Waals surface area contributed by atoms with E-state index in [1.807, 2.05) is 37.3 Å². The number of rotatable bonds is 2. The molecule has 0 radical (unpaired) electrons. The third kappa shape index (κ3) is 2.54. The van der Waals surface area contributed by atoms with Crippen LogP contribution in [0.2, 0.25) is 5.02 Å². The Hall–Kier alpha value is -1.67. The van der Waals surface area contributed by atoms with E-state index in [1.54, 1.807) is 0 Å². The van der Waals surface area contributed by atoms with E-state index in [4.69, 9.17) is 16.3 Å². The molecule has 1 unspecified atom stereocenters. The Labute approximate surface area is 118 Å². The summed E-state index contributed by atoms with van der Waals surface area (Å²) in [7, 11) is 0. The van der Waals surface area contributed by atoms with Gasteiger partial charge in [0.25, 0.3) is 0 Å². The summed E-state index contributed by atoms with van der Waals surface area (Å²) in [6, 6.07) is 14.6. The summed E-state index contributed by atoms with van der Waals surface area (Å²) in [5.74, 6) is 0.976. The summed E-state index contributed by atoms with van der Waals surface area (Å²) >= 11 is 6.17. The molecule has 1 aliphatic heterocycles. The maximum Gasteiger partial charge on any atom is 0.124 e. The number of halogens is 1. The van der Waals surface area contributed by atoms with Crippen molar-refractivity contribution in [1.29, 1.82) is 0 Å². The number of nitrogens with one attached hydrogen (secondary N) is 1. The predicted molar refractivity (Wildman–Crippen MR) is 79.1 cm³/mol. The second-order valence-electron chi connectivity index (χ2n) is 4.84. The Kier molecular flexibility index (Phi) is 3.34. The number of anilines is 1. The number of hydrogen-bond donors (Lipinski definition) is 1. The largest absolute Gasteiger partial charge is 0.493 e. The molecule has 3 rings (SSSR count). The first-order chi connectivity index (χ1) is 9.24. The van der Waals surface area contributed by atoms with Gasteiger partial charge in [0, 0.05) is 22.7 Å². The summed E-state index contributed by atoms with van der Waals surface area (Å²) in [4.78, 5) is 0. The van der Waals surface area contributed by atoms with Crippen LogP contribution < -0.4 is 10.1 Å². The molecule has 1 aliphatic rings. The molecular formula is C16H16ClNO. The van der Waals surface area contributed by atoms with Crippen LogP contribution in [0.4, 0.5) is 5.69 Å². The van der Waals surface area contributed by atoms with Crippen molar-refractivity contribution in [3.63, 3.8) is 0 Å². The second-order valence-corrected chi connectivity index (χ2v) is 5.24. The first-order valence-electron chi connectivity index (χ1n) is 6.48. The summed E-state index contributed by atoms with van der Waals surface area (Å²) in [5, 5.41) is 4.34. The average molecular weight is 274 g/mol. The lowest BCUT2D eigenvalue weighted by Gasteiger charge is -2.27. The van der Waals surface area contributed by atoms with Crippen molar-refractivity contribution in [3.8, 4) is 5.75 Å². The highest BCUT2D eigenvalue weighted by molar-refractivity contribution is 6.31. The smallest absolute Gasteiger partial charge is 0.124 e. The van der Waals surface area contributed by atoms with Gasteiger partial charge < -0.3 is 10.1 Å². The SMILES string of the molecule is Cc1ccc(NC2CCOc3ccccc32)cc1Cl. The third-order valence-electron chi connectivity index (χ3n) is 3.47. The Morgan fingerprint density at radius 1 is 1.21 bits per heavy atom. The van der Waals surface area contributed by atoms with Crippen LogP contribution in [0, 0.1) is 6.92 Å². The topological polar surface area (TPSA) is 21.3 Å². The van der Waals surface area contributed by atoms with Crippen molar-refractivity contribution >= 4 is 17.3 Å². The van der Waals surface area contributed by atoms with E-state index in [9.17, 15) is 0 Å². The molecule has 0 amide bonds. The summed E-state index contributed by atoms with van der Waals surface area (Å²) in [6.07, 6.45) is 0.961. The fraction of sp³-hybridized carbons (Fsp3) is 0.250. The highest BCUT2D eigenvalue weighted by Gasteiger charge is 2.20. The molecule has 1 heterocycles. The first kappa shape index (κ1) is 12.4. The molecule has 1 N–H and O–H groups in total. The molecule has 0 fully saturated rings. The molecule has 0 bridgehead atoms. The lowest BCUT2D eigenvalue weighted by molar-refractivity contribution is 0.274. The molecule has 0 aromatic heterocycles. The van der Waals surface area contributed by atoms with Crippen LogP contribution in [0.15, 0.2) is 42.5 Å². The maximum absolute atomic E-state index is 6.17. The number of fused-ring (bicyclic) bond motifs is 1. The molecule has 1 atom stereocenters. The van der Waals surface area contributed by atoms with Gasteiger partial charge in [-0.2, -0.15) is 0 Å². The molecule has 0 spiro atoms. The zero-order valence-electron chi connectivity index (χ0n) is 10.8. The summed E-state index contributed by atoms with van der Waals surface area (Å²) < 4.78 is 5.67. The zero-order chi connectivity index (χ0) is 13.2. The molecule has 3 heteroatoms. The van der Waals surface area contributed by atoms with Crippen LogP contribution in [-0.4, -0.2) is 6.61 Å². The lowest BCUT2D eigenvalue weighted by Crippen LogP contribution is -2.20. The van der Waals surface area contributed by atoms with Crippen molar-refractivity contribution in [2.24, 2.45) is 0 Å². The molecule has 0 aliphatic carbocycles. The minimum absolute atomic E-state index is 0.281. The Bertz CT molecular complexity index is 597. The fourth-order valence-electron chi connectivity index (χ4n) is 2.38. The highest BCUT2D eigenvalue weighted by Crippen LogP contribution is 2.34. The van der Waals surface area contributed by atoms with E-state index in [0.29, 0.717) is 0 Å². The van der Waals surface area contributed by atoms with Crippen LogP contribution in [0.1, 0.15) is 23.6 Å². The normalized spacial score (nSPS) is 17.5. The van der Waals surface area contributed by atoms with Crippen molar-refractivity contribution in [2.45, 2.75) is 19.4 Å². The van der Waals surface area contributed by atoms with Crippen molar-refractivity contribution in [3.05, 3.63) is 58.6 Å². The van der Waals surface area contributed by atoms with Gasteiger partial charge in [-0.05, 0) is 30.7 Å². The molecule has 2 nitrogen and oxygen atoms in total. The van der Waals surface area contributed by atoms with Crippen LogP contribution in [-0.2, 0) is 0 Å². The second kappa shape index (κ2) is 5.14. The van der Waals surface area contributed by atoms with Gasteiger partial charge in [-0.25, -0.2) is 0 Å². The van der Waals surface area contributed by atoms with Crippen molar-refractivity contribution in [1.82, 2.24) is 0 Å². The molecule has 2 aromatic rings. The lowest BCUT2D eigenvalue weighted by atomic mass is 10.0. The van der Waals surface area contributed by atoms with E-state index in [0.717, 1.165) is 35.1 Å². The van der Waals surface area contributed by atoms with Gasteiger partial charge in [0.15, 0.2) is 0 Å². The zero-order valence-corrected chi connectivity index (χ0v) is 11.6. The summed E-state index contributed by atoms with van der Waals surface area (Å²) in [5.41, 5.74) is 3.36. The number of aryl methyl sites for hydroxylation is 1. The Morgan fingerprint density at radius 3 is 2.89 bits per heavy atom. The van der Waals surface area contributed by atoms with Crippen LogP contribution in [0.5, 0.6) is 5.75 Å². The predicted octanol–water partition coefficient (Wildman–Crippen LogP) is 4.58. The number of ether oxygens (including phenoxy) is 1. The van der Waals surface area contributed by atoms with Gasteiger partial charge >= 0.3 is 0 Å². The molecule has 98 valence electrons. The van der Waals surface area contributed by atoms with Gasteiger partial charge in [0.05, 0.1) is 12.6 Å². The van der Waals surface area contributed by atoms with Gasteiger partial charge in [0.1, 0.15) is 5.75 Å². The van der Waals surface area contributed by atoms with E-state index < -0.39 is 0 Å². The Balaban J connectivity index is 1.86. The minimum atomic E-state index is 0.281. The maximum atomic E-state index is 6.17.